The summed E-state index contributed by atoms with van der Waals surface area (Å²) in [6.07, 6.45) is 0. The number of carbonyl (C=O) groups is 1. The molecule has 0 fully saturated rings. The minimum atomic E-state index is -0.124. The van der Waals surface area contributed by atoms with Crippen molar-refractivity contribution in [2.24, 2.45) is 0 Å². The molecular formula is C17H21N3O. The van der Waals surface area contributed by atoms with Crippen LogP contribution >= 0.6 is 0 Å². The standard InChI is InChI=1S/C17H21N3O/c1-11-5-7-14(10-16(11)20(3)4)19-17(21)15-8-6-13(18)9-12(15)2/h5-10H,18H2,1-4H3,(H,19,21). The minimum Gasteiger partial charge on any atom is -0.399 e. The first-order valence-electron chi connectivity index (χ1n) is 6.84. The lowest BCUT2D eigenvalue weighted by molar-refractivity contribution is 0.102. The molecule has 4 heteroatoms. The molecular weight excluding hydrogens is 262 g/mol. The number of anilines is 3. The summed E-state index contributed by atoms with van der Waals surface area (Å²) >= 11 is 0. The fourth-order valence-electron chi connectivity index (χ4n) is 2.31. The Balaban J connectivity index is 2.25. The number of hydrogen-bond acceptors (Lipinski definition) is 3. The molecule has 0 unspecified atom stereocenters. The molecule has 0 aromatic heterocycles. The summed E-state index contributed by atoms with van der Waals surface area (Å²) in [6, 6.07) is 11.2. The number of benzene rings is 2. The molecule has 1 amide bonds. The maximum atomic E-state index is 12.3. The van der Waals surface area contributed by atoms with E-state index in [0.29, 0.717) is 11.3 Å². The van der Waals surface area contributed by atoms with Gasteiger partial charge in [-0.1, -0.05) is 6.07 Å². The van der Waals surface area contributed by atoms with Crippen molar-refractivity contribution >= 4 is 23.0 Å². The fourth-order valence-corrected chi connectivity index (χ4v) is 2.31. The van der Waals surface area contributed by atoms with Crippen LogP contribution in [0.3, 0.4) is 0 Å². The molecule has 0 aliphatic carbocycles. The second-order valence-electron chi connectivity index (χ2n) is 5.42. The van der Waals surface area contributed by atoms with E-state index < -0.39 is 0 Å². The number of nitrogens with one attached hydrogen (secondary N) is 1. The smallest absolute Gasteiger partial charge is 0.255 e. The van der Waals surface area contributed by atoms with Crippen LogP contribution in [0.4, 0.5) is 17.1 Å². The van der Waals surface area contributed by atoms with E-state index in [1.807, 2.05) is 51.0 Å². The van der Waals surface area contributed by atoms with Gasteiger partial charge in [-0.05, 0) is 55.3 Å². The molecule has 0 saturated heterocycles. The number of hydrogen-bond donors (Lipinski definition) is 2. The van der Waals surface area contributed by atoms with Crippen molar-refractivity contribution in [1.82, 2.24) is 0 Å². The highest BCUT2D eigenvalue weighted by molar-refractivity contribution is 6.05. The van der Waals surface area contributed by atoms with Crippen molar-refractivity contribution < 1.29 is 4.79 Å². The molecule has 110 valence electrons. The number of nitrogen functional groups attached to an aromatic ring is 1. The molecule has 0 atom stereocenters. The second kappa shape index (κ2) is 5.87. The first-order valence-corrected chi connectivity index (χ1v) is 6.84. The van der Waals surface area contributed by atoms with Gasteiger partial charge in [0.05, 0.1) is 0 Å². The van der Waals surface area contributed by atoms with Gasteiger partial charge < -0.3 is 16.0 Å². The SMILES string of the molecule is Cc1cc(N)ccc1C(=O)Nc1ccc(C)c(N(C)C)c1. The molecule has 0 bridgehead atoms. The topological polar surface area (TPSA) is 58.4 Å². The predicted octanol–water partition coefficient (Wildman–Crippen LogP) is 3.20. The Morgan fingerprint density at radius 1 is 1.05 bits per heavy atom. The largest absolute Gasteiger partial charge is 0.399 e. The summed E-state index contributed by atoms with van der Waals surface area (Å²) in [6.45, 7) is 3.93. The van der Waals surface area contributed by atoms with Crippen LogP contribution in [0, 0.1) is 13.8 Å². The van der Waals surface area contributed by atoms with E-state index in [-0.39, 0.29) is 5.91 Å². The Kier molecular flexibility index (Phi) is 4.17. The Morgan fingerprint density at radius 3 is 2.38 bits per heavy atom. The van der Waals surface area contributed by atoms with Crippen molar-refractivity contribution in [3.8, 4) is 0 Å². The highest BCUT2D eigenvalue weighted by atomic mass is 16.1. The Bertz CT molecular complexity index is 678. The predicted molar refractivity (Wildman–Crippen MR) is 89.1 cm³/mol. The Hall–Kier alpha value is -2.49. The lowest BCUT2D eigenvalue weighted by Gasteiger charge is -2.17. The third kappa shape index (κ3) is 3.34. The zero-order valence-electron chi connectivity index (χ0n) is 12.9. The summed E-state index contributed by atoms with van der Waals surface area (Å²) in [4.78, 5) is 14.4. The van der Waals surface area contributed by atoms with Crippen molar-refractivity contribution in [2.75, 3.05) is 30.0 Å². The van der Waals surface area contributed by atoms with Crippen LogP contribution in [-0.2, 0) is 0 Å². The van der Waals surface area contributed by atoms with Crippen LogP contribution in [-0.4, -0.2) is 20.0 Å². The van der Waals surface area contributed by atoms with Gasteiger partial charge in [-0.2, -0.15) is 0 Å². The first kappa shape index (κ1) is 14.9. The Labute approximate surface area is 125 Å². The monoisotopic (exact) mass is 283 g/mol. The van der Waals surface area contributed by atoms with Gasteiger partial charge in [-0.3, -0.25) is 4.79 Å². The molecule has 0 spiro atoms. The maximum absolute atomic E-state index is 12.3. The van der Waals surface area contributed by atoms with Gasteiger partial charge in [-0.25, -0.2) is 0 Å². The molecule has 3 N–H and O–H groups in total. The van der Waals surface area contributed by atoms with Gasteiger partial charge in [0.15, 0.2) is 0 Å². The van der Waals surface area contributed by atoms with E-state index in [4.69, 9.17) is 5.73 Å². The zero-order valence-corrected chi connectivity index (χ0v) is 12.9. The number of carbonyl (C=O) groups excluding carboxylic acids is 1. The van der Waals surface area contributed by atoms with E-state index in [9.17, 15) is 4.79 Å². The lowest BCUT2D eigenvalue weighted by Crippen LogP contribution is -2.15. The molecule has 0 saturated carbocycles. The molecule has 2 rings (SSSR count). The molecule has 2 aromatic rings. The number of rotatable bonds is 3. The summed E-state index contributed by atoms with van der Waals surface area (Å²) in [5, 5.41) is 2.93. The zero-order chi connectivity index (χ0) is 15.6. The van der Waals surface area contributed by atoms with E-state index >= 15 is 0 Å². The summed E-state index contributed by atoms with van der Waals surface area (Å²) in [5.41, 5.74) is 10.9. The van der Waals surface area contributed by atoms with Crippen molar-refractivity contribution in [1.29, 1.82) is 0 Å². The van der Waals surface area contributed by atoms with Gasteiger partial charge in [0.2, 0.25) is 0 Å². The highest BCUT2D eigenvalue weighted by Gasteiger charge is 2.10. The number of amides is 1. The molecule has 4 nitrogen and oxygen atoms in total. The minimum absolute atomic E-state index is 0.124. The van der Waals surface area contributed by atoms with Crippen LogP contribution in [0.25, 0.3) is 0 Å². The van der Waals surface area contributed by atoms with Crippen molar-refractivity contribution in [3.63, 3.8) is 0 Å². The average Bonchev–Trinajstić information content (AvgIpc) is 2.40. The summed E-state index contributed by atoms with van der Waals surface area (Å²) in [7, 11) is 3.97. The summed E-state index contributed by atoms with van der Waals surface area (Å²) in [5.74, 6) is -0.124. The van der Waals surface area contributed by atoms with Crippen molar-refractivity contribution in [3.05, 3.63) is 53.1 Å². The second-order valence-corrected chi connectivity index (χ2v) is 5.42. The van der Waals surface area contributed by atoms with Crippen LogP contribution in [0.5, 0.6) is 0 Å². The van der Waals surface area contributed by atoms with Gasteiger partial charge in [0, 0.05) is 36.7 Å². The maximum Gasteiger partial charge on any atom is 0.255 e. The fraction of sp³-hybridized carbons (Fsp3) is 0.235. The van der Waals surface area contributed by atoms with Crippen LogP contribution in [0.15, 0.2) is 36.4 Å². The van der Waals surface area contributed by atoms with E-state index in [1.165, 1.54) is 5.56 Å². The first-order chi connectivity index (χ1) is 9.88. The Morgan fingerprint density at radius 2 is 1.76 bits per heavy atom. The van der Waals surface area contributed by atoms with Gasteiger partial charge in [0.1, 0.15) is 0 Å². The van der Waals surface area contributed by atoms with Gasteiger partial charge >= 0.3 is 0 Å². The summed E-state index contributed by atoms with van der Waals surface area (Å²) < 4.78 is 0. The highest BCUT2D eigenvalue weighted by Crippen LogP contribution is 2.23. The van der Waals surface area contributed by atoms with Crippen LogP contribution in [0.2, 0.25) is 0 Å². The lowest BCUT2D eigenvalue weighted by atomic mass is 10.1. The molecule has 0 aliphatic rings. The van der Waals surface area contributed by atoms with Crippen LogP contribution in [0.1, 0.15) is 21.5 Å². The molecule has 2 aromatic carbocycles. The average molecular weight is 283 g/mol. The normalized spacial score (nSPS) is 10.3. The van der Waals surface area contributed by atoms with Gasteiger partial charge in [-0.15, -0.1) is 0 Å². The quantitative estimate of drug-likeness (QED) is 0.850. The number of aryl methyl sites for hydroxylation is 2. The van der Waals surface area contributed by atoms with E-state index in [2.05, 4.69) is 5.32 Å². The van der Waals surface area contributed by atoms with Gasteiger partial charge in [0.25, 0.3) is 5.91 Å². The number of nitrogens with two attached hydrogens (primary N) is 1. The van der Waals surface area contributed by atoms with Crippen LogP contribution < -0.4 is 16.0 Å². The number of nitrogens with zero attached hydrogens (tertiary/aromatic N) is 1. The third-order valence-corrected chi connectivity index (χ3v) is 3.44. The molecule has 0 aliphatic heterocycles. The third-order valence-electron chi connectivity index (χ3n) is 3.44. The van der Waals surface area contributed by atoms with E-state index in [1.54, 1.807) is 18.2 Å². The molecule has 21 heavy (non-hydrogen) atoms. The van der Waals surface area contributed by atoms with Crippen molar-refractivity contribution in [2.45, 2.75) is 13.8 Å². The van der Waals surface area contributed by atoms with E-state index in [0.717, 1.165) is 16.9 Å². The molecule has 0 heterocycles. The molecule has 0 radical (unpaired) electrons.